The zero-order valence-corrected chi connectivity index (χ0v) is 6.05. The van der Waals surface area contributed by atoms with Crippen LogP contribution in [0.4, 0.5) is 0 Å². The van der Waals surface area contributed by atoms with Crippen molar-refractivity contribution < 1.29 is 4.74 Å². The van der Waals surface area contributed by atoms with Crippen molar-refractivity contribution in [3.05, 3.63) is 0 Å². The smallest absolute Gasteiger partial charge is 0.0975 e. The summed E-state index contributed by atoms with van der Waals surface area (Å²) in [5.74, 6) is 0. The summed E-state index contributed by atoms with van der Waals surface area (Å²) in [4.78, 5) is 0. The van der Waals surface area contributed by atoms with Crippen LogP contribution in [0.25, 0.3) is 0 Å². The molecule has 1 atom stereocenters. The quantitative estimate of drug-likeness (QED) is 0.573. The SMILES string of the molecule is C1COCC(NC2CC2)[N]1. The van der Waals surface area contributed by atoms with Crippen molar-refractivity contribution in [2.45, 2.75) is 25.0 Å². The van der Waals surface area contributed by atoms with Gasteiger partial charge in [-0.25, -0.2) is 5.32 Å². The molecule has 2 fully saturated rings. The van der Waals surface area contributed by atoms with Crippen LogP contribution in [0.1, 0.15) is 12.8 Å². The number of hydrogen-bond donors (Lipinski definition) is 1. The van der Waals surface area contributed by atoms with E-state index in [-0.39, 0.29) is 0 Å². The Labute approximate surface area is 61.1 Å². The molecule has 1 saturated heterocycles. The Kier molecular flexibility index (Phi) is 1.88. The number of hydrogen-bond acceptors (Lipinski definition) is 2. The van der Waals surface area contributed by atoms with E-state index in [2.05, 4.69) is 10.6 Å². The van der Waals surface area contributed by atoms with E-state index in [4.69, 9.17) is 4.74 Å². The molecule has 1 aliphatic heterocycles. The molecule has 1 N–H and O–H groups in total. The van der Waals surface area contributed by atoms with Gasteiger partial charge < -0.3 is 4.74 Å². The number of nitrogens with zero attached hydrogens (tertiary/aromatic N) is 1. The van der Waals surface area contributed by atoms with Crippen molar-refractivity contribution in [2.75, 3.05) is 19.8 Å². The van der Waals surface area contributed by atoms with Gasteiger partial charge in [0.1, 0.15) is 0 Å². The fourth-order valence-electron chi connectivity index (χ4n) is 1.14. The third kappa shape index (κ3) is 1.68. The van der Waals surface area contributed by atoms with Crippen molar-refractivity contribution >= 4 is 0 Å². The summed E-state index contributed by atoms with van der Waals surface area (Å²) in [5.41, 5.74) is 0. The van der Waals surface area contributed by atoms with E-state index in [1.165, 1.54) is 12.8 Å². The molecule has 1 unspecified atom stereocenters. The minimum atomic E-state index is 0.293. The Balaban J connectivity index is 1.69. The number of rotatable bonds is 2. The second-order valence-corrected chi connectivity index (χ2v) is 2.94. The Morgan fingerprint density at radius 2 is 2.30 bits per heavy atom. The van der Waals surface area contributed by atoms with Crippen molar-refractivity contribution in [1.29, 1.82) is 0 Å². The highest BCUT2D eigenvalue weighted by atomic mass is 16.5. The normalized spacial score (nSPS) is 34.2. The molecule has 3 nitrogen and oxygen atoms in total. The largest absolute Gasteiger partial charge is 0.377 e. The van der Waals surface area contributed by atoms with Crippen LogP contribution in [-0.4, -0.2) is 32.0 Å². The van der Waals surface area contributed by atoms with Gasteiger partial charge in [-0.15, -0.1) is 0 Å². The van der Waals surface area contributed by atoms with Crippen LogP contribution in [0.15, 0.2) is 0 Å². The van der Waals surface area contributed by atoms with E-state index >= 15 is 0 Å². The van der Waals surface area contributed by atoms with Gasteiger partial charge in [-0.2, -0.15) is 0 Å². The zero-order chi connectivity index (χ0) is 6.81. The highest BCUT2D eigenvalue weighted by Crippen LogP contribution is 2.19. The predicted molar refractivity (Wildman–Crippen MR) is 37.8 cm³/mol. The summed E-state index contributed by atoms with van der Waals surface area (Å²) in [5, 5.41) is 7.77. The molecule has 1 aliphatic carbocycles. The molecule has 0 aromatic carbocycles. The molecular weight excluding hydrogens is 128 g/mol. The van der Waals surface area contributed by atoms with E-state index in [0.717, 1.165) is 25.8 Å². The fourth-order valence-corrected chi connectivity index (χ4v) is 1.14. The molecule has 0 bridgehead atoms. The first-order valence-corrected chi connectivity index (χ1v) is 3.95. The Hall–Kier alpha value is -0.120. The molecule has 10 heavy (non-hydrogen) atoms. The lowest BCUT2D eigenvalue weighted by Gasteiger charge is -2.22. The van der Waals surface area contributed by atoms with Gasteiger partial charge in [-0.3, -0.25) is 5.32 Å². The first-order valence-electron chi connectivity index (χ1n) is 3.95. The zero-order valence-electron chi connectivity index (χ0n) is 6.05. The minimum absolute atomic E-state index is 0.293. The Bertz CT molecular complexity index is 108. The lowest BCUT2D eigenvalue weighted by Crippen LogP contribution is -2.47. The highest BCUT2D eigenvalue weighted by molar-refractivity contribution is 4.84. The third-order valence-electron chi connectivity index (χ3n) is 1.87. The first-order chi connectivity index (χ1) is 4.95. The molecule has 0 amide bonds. The second kappa shape index (κ2) is 2.86. The lowest BCUT2D eigenvalue weighted by molar-refractivity contribution is 0.0627. The summed E-state index contributed by atoms with van der Waals surface area (Å²) in [6.45, 7) is 2.45. The molecule has 0 aromatic heterocycles. The van der Waals surface area contributed by atoms with Gasteiger partial charge in [-0.1, -0.05) is 0 Å². The molecular formula is C7H13N2O. The monoisotopic (exact) mass is 141 g/mol. The van der Waals surface area contributed by atoms with Gasteiger partial charge >= 0.3 is 0 Å². The van der Waals surface area contributed by atoms with Crippen LogP contribution in [0, 0.1) is 0 Å². The number of nitrogens with one attached hydrogen (secondary N) is 1. The van der Waals surface area contributed by atoms with E-state index in [9.17, 15) is 0 Å². The molecule has 1 heterocycles. The average molecular weight is 141 g/mol. The average Bonchev–Trinajstić information content (AvgIpc) is 2.74. The summed E-state index contributed by atoms with van der Waals surface area (Å²) in [6, 6.07) is 0.746. The summed E-state index contributed by atoms with van der Waals surface area (Å²) < 4.78 is 5.25. The molecule has 2 rings (SSSR count). The van der Waals surface area contributed by atoms with Crippen molar-refractivity contribution in [1.82, 2.24) is 10.6 Å². The van der Waals surface area contributed by atoms with Gasteiger partial charge in [0.05, 0.1) is 19.4 Å². The second-order valence-electron chi connectivity index (χ2n) is 2.94. The van der Waals surface area contributed by atoms with E-state index in [1.807, 2.05) is 0 Å². The molecule has 1 saturated carbocycles. The third-order valence-corrected chi connectivity index (χ3v) is 1.87. The highest BCUT2D eigenvalue weighted by Gasteiger charge is 2.25. The van der Waals surface area contributed by atoms with Gasteiger partial charge in [0.2, 0.25) is 0 Å². The molecule has 2 aliphatic rings. The Morgan fingerprint density at radius 1 is 1.40 bits per heavy atom. The summed E-state index contributed by atoms with van der Waals surface area (Å²) in [6.07, 6.45) is 2.94. The maximum Gasteiger partial charge on any atom is 0.0975 e. The van der Waals surface area contributed by atoms with Crippen LogP contribution in [0.5, 0.6) is 0 Å². The van der Waals surface area contributed by atoms with E-state index in [0.29, 0.717) is 6.17 Å². The molecule has 0 spiro atoms. The van der Waals surface area contributed by atoms with Gasteiger partial charge in [0.15, 0.2) is 0 Å². The van der Waals surface area contributed by atoms with Crippen LogP contribution in [0.2, 0.25) is 0 Å². The van der Waals surface area contributed by atoms with Crippen LogP contribution < -0.4 is 10.6 Å². The standard InChI is InChI=1S/C7H13N2O/c1-2-6(1)9-7-5-10-4-3-8-7/h6-7,9H,1-5H2. The maximum absolute atomic E-state index is 5.25. The van der Waals surface area contributed by atoms with Crippen molar-refractivity contribution in [2.24, 2.45) is 0 Å². The predicted octanol–water partition coefficient (Wildman–Crippen LogP) is -0.301. The number of ether oxygens (including phenoxy) is 1. The molecule has 57 valence electrons. The maximum atomic E-state index is 5.25. The topological polar surface area (TPSA) is 35.4 Å². The molecule has 3 heteroatoms. The van der Waals surface area contributed by atoms with Crippen LogP contribution >= 0.6 is 0 Å². The van der Waals surface area contributed by atoms with Crippen LogP contribution in [-0.2, 0) is 4.74 Å². The van der Waals surface area contributed by atoms with Crippen LogP contribution in [0.3, 0.4) is 0 Å². The van der Waals surface area contributed by atoms with E-state index in [1.54, 1.807) is 0 Å². The van der Waals surface area contributed by atoms with E-state index < -0.39 is 0 Å². The summed E-state index contributed by atoms with van der Waals surface area (Å²) in [7, 11) is 0. The minimum Gasteiger partial charge on any atom is -0.377 e. The van der Waals surface area contributed by atoms with Gasteiger partial charge in [0.25, 0.3) is 0 Å². The summed E-state index contributed by atoms with van der Waals surface area (Å²) >= 11 is 0. The molecule has 1 radical (unpaired) electrons. The molecule has 0 aromatic rings. The Morgan fingerprint density at radius 3 is 2.90 bits per heavy atom. The van der Waals surface area contributed by atoms with Gasteiger partial charge in [-0.05, 0) is 12.8 Å². The van der Waals surface area contributed by atoms with Crippen molar-refractivity contribution in [3.63, 3.8) is 0 Å². The lowest BCUT2D eigenvalue weighted by atomic mass is 10.4. The van der Waals surface area contributed by atoms with Gasteiger partial charge in [0, 0.05) is 12.6 Å². The first kappa shape index (κ1) is 6.58. The van der Waals surface area contributed by atoms with Crippen molar-refractivity contribution in [3.8, 4) is 0 Å². The number of morpholine rings is 1. The fraction of sp³-hybridized carbons (Fsp3) is 1.00.